The number of hydrogen-bond donors (Lipinski definition) is 2. The Morgan fingerprint density at radius 2 is 1.79 bits per heavy atom. The molecule has 3 heteroatoms. The zero-order valence-corrected chi connectivity index (χ0v) is 13.1. The van der Waals surface area contributed by atoms with Gasteiger partial charge in [-0.2, -0.15) is 0 Å². The molecule has 0 aliphatic heterocycles. The largest absolute Gasteiger partial charge is 0.356 e. The number of amides is 1. The summed E-state index contributed by atoms with van der Waals surface area (Å²) < 4.78 is 0. The molecule has 2 aliphatic rings. The van der Waals surface area contributed by atoms with Gasteiger partial charge in [0.2, 0.25) is 5.91 Å². The third-order valence-electron chi connectivity index (χ3n) is 5.27. The average Bonchev–Trinajstić information content (AvgIpc) is 2.90. The van der Waals surface area contributed by atoms with Crippen molar-refractivity contribution in [3.63, 3.8) is 0 Å². The Morgan fingerprint density at radius 3 is 2.26 bits per heavy atom. The summed E-state index contributed by atoms with van der Waals surface area (Å²) in [4.78, 5) is 11.9. The molecular formula is C16H30N2O. The lowest BCUT2D eigenvalue weighted by Gasteiger charge is -2.27. The number of rotatable bonds is 5. The molecule has 110 valence electrons. The van der Waals surface area contributed by atoms with Crippen LogP contribution in [0.4, 0.5) is 0 Å². The maximum atomic E-state index is 11.9. The first-order valence-corrected chi connectivity index (χ1v) is 7.74. The smallest absolute Gasteiger partial charge is 0.220 e. The van der Waals surface area contributed by atoms with Crippen molar-refractivity contribution >= 4 is 5.91 Å². The second-order valence-corrected chi connectivity index (χ2v) is 8.04. The molecule has 2 saturated carbocycles. The molecule has 0 atom stereocenters. The van der Waals surface area contributed by atoms with E-state index in [0.29, 0.717) is 17.4 Å². The molecule has 0 aromatic heterocycles. The summed E-state index contributed by atoms with van der Waals surface area (Å²) in [5, 5.41) is 6.70. The number of fused-ring (bicyclic) bond motifs is 2. The van der Waals surface area contributed by atoms with Gasteiger partial charge >= 0.3 is 0 Å². The van der Waals surface area contributed by atoms with Crippen molar-refractivity contribution in [2.45, 2.75) is 71.3 Å². The number of hydrogen-bond acceptors (Lipinski definition) is 2. The summed E-state index contributed by atoms with van der Waals surface area (Å²) in [5.41, 5.74) is 1.02. The van der Waals surface area contributed by atoms with Crippen LogP contribution in [-0.4, -0.2) is 25.0 Å². The van der Waals surface area contributed by atoms with Crippen molar-refractivity contribution in [2.75, 3.05) is 13.6 Å². The minimum absolute atomic E-state index is 0.234. The van der Waals surface area contributed by atoms with Crippen molar-refractivity contribution in [1.82, 2.24) is 10.6 Å². The minimum Gasteiger partial charge on any atom is -0.356 e. The van der Waals surface area contributed by atoms with Crippen LogP contribution >= 0.6 is 0 Å². The molecule has 0 aromatic carbocycles. The Morgan fingerprint density at radius 1 is 1.16 bits per heavy atom. The van der Waals surface area contributed by atoms with Crippen molar-refractivity contribution in [3.8, 4) is 0 Å². The molecule has 0 unspecified atom stereocenters. The van der Waals surface area contributed by atoms with Crippen molar-refractivity contribution in [3.05, 3.63) is 0 Å². The first-order valence-electron chi connectivity index (χ1n) is 7.74. The molecule has 0 heterocycles. The van der Waals surface area contributed by atoms with E-state index in [1.54, 1.807) is 0 Å². The Labute approximate surface area is 117 Å². The highest BCUT2D eigenvalue weighted by Crippen LogP contribution is 2.55. The Hall–Kier alpha value is -0.570. The summed E-state index contributed by atoms with van der Waals surface area (Å²) in [6.45, 7) is 7.45. The van der Waals surface area contributed by atoms with Gasteiger partial charge in [0.15, 0.2) is 0 Å². The fourth-order valence-corrected chi connectivity index (χ4v) is 3.77. The molecule has 3 nitrogen and oxygen atoms in total. The molecule has 0 saturated heterocycles. The molecule has 0 aromatic rings. The average molecular weight is 266 g/mol. The first-order chi connectivity index (χ1) is 8.78. The molecule has 2 rings (SSSR count). The van der Waals surface area contributed by atoms with E-state index in [-0.39, 0.29) is 11.3 Å². The number of carbonyl (C=O) groups is 1. The number of nitrogens with one attached hydrogen (secondary N) is 2. The van der Waals surface area contributed by atoms with Crippen LogP contribution in [0.1, 0.15) is 65.7 Å². The molecule has 0 radical (unpaired) electrons. The van der Waals surface area contributed by atoms with Crippen molar-refractivity contribution < 1.29 is 4.79 Å². The maximum absolute atomic E-state index is 11.9. The highest BCUT2D eigenvalue weighted by molar-refractivity contribution is 5.75. The third-order valence-corrected chi connectivity index (χ3v) is 5.27. The van der Waals surface area contributed by atoms with Crippen molar-refractivity contribution in [1.29, 1.82) is 0 Å². The van der Waals surface area contributed by atoms with Crippen LogP contribution in [-0.2, 0) is 4.79 Å². The highest BCUT2D eigenvalue weighted by atomic mass is 16.1. The Bertz CT molecular complexity index is 335. The van der Waals surface area contributed by atoms with E-state index in [0.717, 1.165) is 13.0 Å². The van der Waals surface area contributed by atoms with Crippen LogP contribution in [0.15, 0.2) is 0 Å². The monoisotopic (exact) mass is 266 g/mol. The number of carbonyl (C=O) groups excluding carboxylic acids is 1. The molecule has 2 fully saturated rings. The summed E-state index contributed by atoms with van der Waals surface area (Å²) in [5.74, 6) is 0.234. The van der Waals surface area contributed by atoms with E-state index in [1.807, 2.05) is 0 Å². The fraction of sp³-hybridized carbons (Fsp3) is 0.938. The fourth-order valence-electron chi connectivity index (χ4n) is 3.77. The van der Waals surface area contributed by atoms with E-state index in [1.165, 1.54) is 32.1 Å². The predicted molar refractivity (Wildman–Crippen MR) is 79.0 cm³/mol. The van der Waals surface area contributed by atoms with Crippen LogP contribution in [0, 0.1) is 10.8 Å². The van der Waals surface area contributed by atoms with E-state index in [2.05, 4.69) is 38.5 Å². The van der Waals surface area contributed by atoms with Gasteiger partial charge in [-0.25, -0.2) is 0 Å². The van der Waals surface area contributed by atoms with Gasteiger partial charge in [0.25, 0.3) is 0 Å². The lowest BCUT2D eigenvalue weighted by Crippen LogP contribution is -2.38. The van der Waals surface area contributed by atoms with Gasteiger partial charge < -0.3 is 10.6 Å². The van der Waals surface area contributed by atoms with E-state index in [9.17, 15) is 4.79 Å². The molecule has 1 amide bonds. The summed E-state index contributed by atoms with van der Waals surface area (Å²) >= 11 is 0. The maximum Gasteiger partial charge on any atom is 0.220 e. The zero-order valence-electron chi connectivity index (χ0n) is 13.1. The van der Waals surface area contributed by atoms with Gasteiger partial charge in [0.05, 0.1) is 0 Å². The van der Waals surface area contributed by atoms with Gasteiger partial charge in [0, 0.05) is 18.5 Å². The molecule has 2 bridgehead atoms. The topological polar surface area (TPSA) is 41.1 Å². The van der Waals surface area contributed by atoms with Crippen LogP contribution < -0.4 is 10.6 Å². The van der Waals surface area contributed by atoms with Gasteiger partial charge in [-0.1, -0.05) is 20.8 Å². The molecule has 2 N–H and O–H groups in total. The summed E-state index contributed by atoms with van der Waals surface area (Å²) in [6, 6.07) is 0. The molecular weight excluding hydrogens is 236 g/mol. The van der Waals surface area contributed by atoms with E-state index >= 15 is 0 Å². The molecule has 19 heavy (non-hydrogen) atoms. The SMILES string of the molecule is CNC12CCC(CNC(=O)CCC(C)(C)C)(CC1)C2. The van der Waals surface area contributed by atoms with Crippen LogP contribution in [0.25, 0.3) is 0 Å². The van der Waals surface area contributed by atoms with Gasteiger partial charge in [-0.15, -0.1) is 0 Å². The minimum atomic E-state index is 0.234. The Kier molecular flexibility index (Phi) is 3.97. The summed E-state index contributed by atoms with van der Waals surface area (Å²) in [7, 11) is 2.09. The van der Waals surface area contributed by atoms with Crippen molar-refractivity contribution in [2.24, 2.45) is 10.8 Å². The lowest BCUT2D eigenvalue weighted by atomic mass is 9.84. The first kappa shape index (κ1) is 14.8. The predicted octanol–water partition coefficient (Wildman–Crippen LogP) is 2.85. The van der Waals surface area contributed by atoms with Crippen LogP contribution in [0.3, 0.4) is 0 Å². The quantitative estimate of drug-likeness (QED) is 0.803. The highest BCUT2D eigenvalue weighted by Gasteiger charge is 2.53. The van der Waals surface area contributed by atoms with Gasteiger partial charge in [0.1, 0.15) is 0 Å². The second kappa shape index (κ2) is 5.08. The van der Waals surface area contributed by atoms with E-state index < -0.39 is 0 Å². The molecule has 2 aliphatic carbocycles. The van der Waals surface area contributed by atoms with Crippen LogP contribution in [0.5, 0.6) is 0 Å². The third kappa shape index (κ3) is 3.50. The second-order valence-electron chi connectivity index (χ2n) is 8.04. The van der Waals surface area contributed by atoms with Crippen LogP contribution in [0.2, 0.25) is 0 Å². The van der Waals surface area contributed by atoms with Gasteiger partial charge in [-0.05, 0) is 56.4 Å². The zero-order chi connectivity index (χ0) is 14.1. The molecule has 0 spiro atoms. The lowest BCUT2D eigenvalue weighted by molar-refractivity contribution is -0.122. The normalized spacial score (nSPS) is 33.7. The van der Waals surface area contributed by atoms with Gasteiger partial charge in [-0.3, -0.25) is 4.79 Å². The standard InChI is InChI=1S/C16H30N2O/c1-14(2,3)6-5-13(19)18-12-15-7-9-16(11-15,17-4)10-8-15/h17H,5-12H2,1-4H3,(H,18,19). The Balaban J connectivity index is 1.76. The summed E-state index contributed by atoms with van der Waals surface area (Å²) in [6.07, 6.45) is 7.97. The van der Waals surface area contributed by atoms with E-state index in [4.69, 9.17) is 0 Å².